The molecule has 1 fully saturated rings. The van der Waals surface area contributed by atoms with Gasteiger partial charge in [-0.05, 0) is 30.2 Å². The lowest BCUT2D eigenvalue weighted by Gasteiger charge is -2.27. The molecule has 5 heteroatoms. The molecular formula is C17H22N2O3. The van der Waals surface area contributed by atoms with Crippen LogP contribution in [0.2, 0.25) is 0 Å². The maximum absolute atomic E-state index is 12.6. The summed E-state index contributed by atoms with van der Waals surface area (Å²) >= 11 is 0. The van der Waals surface area contributed by atoms with Crippen LogP contribution in [-0.2, 0) is 15.0 Å². The molecule has 1 atom stereocenters. The summed E-state index contributed by atoms with van der Waals surface area (Å²) in [5.74, 6) is 0.809. The molecule has 3 rings (SSSR count). The molecule has 22 heavy (non-hydrogen) atoms. The van der Waals surface area contributed by atoms with Gasteiger partial charge in [-0.15, -0.1) is 0 Å². The fraction of sp³-hybridized carbons (Fsp3) is 0.529. The molecule has 1 N–H and O–H groups in total. The monoisotopic (exact) mass is 302 g/mol. The molecule has 0 bridgehead atoms. The van der Waals surface area contributed by atoms with E-state index in [4.69, 9.17) is 4.74 Å². The van der Waals surface area contributed by atoms with Crippen molar-refractivity contribution in [3.05, 3.63) is 23.8 Å². The van der Waals surface area contributed by atoms with Gasteiger partial charge in [0.25, 0.3) is 0 Å². The predicted octanol–water partition coefficient (Wildman–Crippen LogP) is 2.16. The number of methoxy groups -OCH3 is 1. The first kappa shape index (κ1) is 14.9. The fourth-order valence-corrected chi connectivity index (χ4v) is 3.38. The highest BCUT2D eigenvalue weighted by atomic mass is 16.5. The highest BCUT2D eigenvalue weighted by molar-refractivity contribution is 6.07. The second kappa shape index (κ2) is 4.73. The van der Waals surface area contributed by atoms with E-state index in [0.29, 0.717) is 19.5 Å². The van der Waals surface area contributed by atoms with Crippen LogP contribution in [0.5, 0.6) is 5.75 Å². The van der Waals surface area contributed by atoms with Crippen LogP contribution in [0.3, 0.4) is 0 Å². The summed E-state index contributed by atoms with van der Waals surface area (Å²) in [7, 11) is 1.61. The van der Waals surface area contributed by atoms with Gasteiger partial charge in [-0.3, -0.25) is 9.59 Å². The van der Waals surface area contributed by atoms with Crippen LogP contribution in [0.15, 0.2) is 18.2 Å². The first-order valence-electron chi connectivity index (χ1n) is 7.57. The van der Waals surface area contributed by atoms with Crippen molar-refractivity contribution in [3.63, 3.8) is 0 Å². The summed E-state index contributed by atoms with van der Waals surface area (Å²) in [6.45, 7) is 6.78. The Labute approximate surface area is 130 Å². The van der Waals surface area contributed by atoms with Gasteiger partial charge in [-0.2, -0.15) is 0 Å². The SMILES string of the molecule is COc1ccc2c(c1)[C@]1(CCN(C(=O)C(C)(C)C)C1)C(=O)N2. The number of amides is 2. The van der Waals surface area contributed by atoms with Crippen molar-refractivity contribution in [2.45, 2.75) is 32.6 Å². The number of anilines is 1. The molecule has 0 unspecified atom stereocenters. The average molecular weight is 302 g/mol. The third kappa shape index (κ3) is 2.07. The minimum Gasteiger partial charge on any atom is -0.497 e. The molecule has 1 aromatic rings. The second-order valence-corrected chi connectivity index (χ2v) is 7.17. The van der Waals surface area contributed by atoms with Gasteiger partial charge in [0.1, 0.15) is 5.75 Å². The highest BCUT2D eigenvalue weighted by Gasteiger charge is 2.53. The van der Waals surface area contributed by atoms with E-state index in [2.05, 4.69) is 5.32 Å². The number of likely N-dealkylation sites (tertiary alicyclic amines) is 1. The van der Waals surface area contributed by atoms with Crippen LogP contribution < -0.4 is 10.1 Å². The van der Waals surface area contributed by atoms with Crippen molar-refractivity contribution in [3.8, 4) is 5.75 Å². The first-order valence-corrected chi connectivity index (χ1v) is 7.57. The normalized spacial score (nSPS) is 23.6. The minimum atomic E-state index is -0.634. The molecule has 1 aromatic carbocycles. The minimum absolute atomic E-state index is 0.0139. The van der Waals surface area contributed by atoms with Crippen molar-refractivity contribution >= 4 is 17.5 Å². The molecule has 2 heterocycles. The highest BCUT2D eigenvalue weighted by Crippen LogP contribution is 2.46. The molecule has 1 saturated heterocycles. The Balaban J connectivity index is 1.96. The number of fused-ring (bicyclic) bond motifs is 2. The summed E-state index contributed by atoms with van der Waals surface area (Å²) in [5, 5.41) is 2.95. The molecule has 0 saturated carbocycles. The third-order valence-electron chi connectivity index (χ3n) is 4.62. The van der Waals surface area contributed by atoms with Crippen LogP contribution in [0.1, 0.15) is 32.8 Å². The van der Waals surface area contributed by atoms with Crippen molar-refractivity contribution < 1.29 is 14.3 Å². The van der Waals surface area contributed by atoms with E-state index in [1.165, 1.54) is 0 Å². The zero-order valence-corrected chi connectivity index (χ0v) is 13.5. The van der Waals surface area contributed by atoms with Crippen LogP contribution >= 0.6 is 0 Å². The van der Waals surface area contributed by atoms with Gasteiger partial charge in [0.05, 0.1) is 12.5 Å². The maximum atomic E-state index is 12.6. The lowest BCUT2D eigenvalue weighted by Crippen LogP contribution is -2.42. The van der Waals surface area contributed by atoms with Crippen molar-refractivity contribution in [2.24, 2.45) is 5.41 Å². The number of carbonyl (C=O) groups excluding carboxylic acids is 2. The zero-order chi connectivity index (χ0) is 16.1. The van der Waals surface area contributed by atoms with E-state index in [1.807, 2.05) is 43.9 Å². The van der Waals surface area contributed by atoms with Gasteiger partial charge in [0, 0.05) is 24.2 Å². The van der Waals surface area contributed by atoms with E-state index < -0.39 is 10.8 Å². The molecule has 0 aliphatic carbocycles. The van der Waals surface area contributed by atoms with Gasteiger partial charge in [0.15, 0.2) is 0 Å². The quantitative estimate of drug-likeness (QED) is 0.865. The zero-order valence-electron chi connectivity index (χ0n) is 13.5. The Hall–Kier alpha value is -2.04. The summed E-state index contributed by atoms with van der Waals surface area (Å²) in [4.78, 5) is 26.9. The van der Waals surface area contributed by atoms with Crippen LogP contribution in [-0.4, -0.2) is 36.9 Å². The van der Waals surface area contributed by atoms with E-state index in [0.717, 1.165) is 17.0 Å². The summed E-state index contributed by atoms with van der Waals surface area (Å²) < 4.78 is 5.29. The van der Waals surface area contributed by atoms with E-state index in [9.17, 15) is 9.59 Å². The molecule has 0 aromatic heterocycles. The summed E-state index contributed by atoms with van der Waals surface area (Å²) in [6.07, 6.45) is 0.654. The number of hydrogen-bond donors (Lipinski definition) is 1. The molecule has 0 radical (unpaired) electrons. The van der Waals surface area contributed by atoms with Gasteiger partial charge in [-0.1, -0.05) is 20.8 Å². The largest absolute Gasteiger partial charge is 0.497 e. The van der Waals surface area contributed by atoms with Gasteiger partial charge < -0.3 is 15.0 Å². The smallest absolute Gasteiger partial charge is 0.237 e. The van der Waals surface area contributed by atoms with Gasteiger partial charge >= 0.3 is 0 Å². The molecule has 5 nitrogen and oxygen atoms in total. The predicted molar refractivity (Wildman–Crippen MR) is 84.0 cm³/mol. The van der Waals surface area contributed by atoms with Crippen molar-refractivity contribution in [2.75, 3.05) is 25.5 Å². The third-order valence-corrected chi connectivity index (χ3v) is 4.62. The second-order valence-electron chi connectivity index (χ2n) is 7.17. The number of nitrogens with one attached hydrogen (secondary N) is 1. The molecule has 2 aliphatic heterocycles. The first-order chi connectivity index (χ1) is 10.3. The van der Waals surface area contributed by atoms with Crippen LogP contribution in [0, 0.1) is 5.41 Å². The Morgan fingerprint density at radius 2 is 2.09 bits per heavy atom. The molecule has 118 valence electrons. The Kier molecular flexibility index (Phi) is 3.20. The van der Waals surface area contributed by atoms with Crippen molar-refractivity contribution in [1.82, 2.24) is 4.90 Å². The van der Waals surface area contributed by atoms with Crippen molar-refractivity contribution in [1.29, 1.82) is 0 Å². The molecule has 2 aliphatic rings. The number of rotatable bonds is 1. The maximum Gasteiger partial charge on any atom is 0.237 e. The fourth-order valence-electron chi connectivity index (χ4n) is 3.38. The Bertz CT molecular complexity index is 648. The van der Waals surface area contributed by atoms with E-state index in [-0.39, 0.29) is 11.8 Å². The topological polar surface area (TPSA) is 58.6 Å². The number of carbonyl (C=O) groups is 2. The standard InChI is InChI=1S/C17H22N2O3/c1-16(2,3)15(21)19-8-7-17(10-19)12-9-11(22-4)5-6-13(12)18-14(17)20/h5-6,9H,7-8,10H2,1-4H3,(H,18,20)/t17-/m1/s1. The molecular weight excluding hydrogens is 280 g/mol. The lowest BCUT2D eigenvalue weighted by molar-refractivity contribution is -0.138. The van der Waals surface area contributed by atoms with Crippen LogP contribution in [0.4, 0.5) is 5.69 Å². The molecule has 1 spiro atoms. The average Bonchev–Trinajstić information content (AvgIpc) is 3.02. The van der Waals surface area contributed by atoms with E-state index >= 15 is 0 Å². The molecule has 2 amide bonds. The number of benzene rings is 1. The summed E-state index contributed by atoms with van der Waals surface area (Å²) in [6, 6.07) is 5.62. The van der Waals surface area contributed by atoms with E-state index in [1.54, 1.807) is 7.11 Å². The Morgan fingerprint density at radius 1 is 1.36 bits per heavy atom. The lowest BCUT2D eigenvalue weighted by atomic mass is 9.81. The van der Waals surface area contributed by atoms with Crippen LogP contribution in [0.25, 0.3) is 0 Å². The number of ether oxygens (including phenoxy) is 1. The number of nitrogens with zero attached hydrogens (tertiary/aromatic N) is 1. The van der Waals surface area contributed by atoms with Gasteiger partial charge in [0.2, 0.25) is 11.8 Å². The Morgan fingerprint density at radius 3 is 2.73 bits per heavy atom. The number of hydrogen-bond acceptors (Lipinski definition) is 3. The van der Waals surface area contributed by atoms with Gasteiger partial charge in [-0.25, -0.2) is 0 Å². The summed E-state index contributed by atoms with van der Waals surface area (Å²) in [5.41, 5.74) is 0.708.